The third-order valence-electron chi connectivity index (χ3n) is 3.45. The molecule has 0 bridgehead atoms. The standard InChI is InChI=1S/C18H20NO.C4H6O2.2C2H6/c1-4-8-15(5-2)11-13-17-14-12-16-9-6-7-10-18(16)19(17)20-3;1-2-3-4(5)6;2*1-2/h4-14H,1-3H3;2-3H,1H3,(H,5,6);2*1-2H3/q+1;;;/b8-4-,13-11?,15-5+;3-2+;;. The van der Waals surface area contributed by atoms with E-state index in [0.29, 0.717) is 0 Å². The van der Waals surface area contributed by atoms with E-state index in [0.717, 1.165) is 22.7 Å². The van der Waals surface area contributed by atoms with E-state index in [1.54, 1.807) is 14.0 Å². The quantitative estimate of drug-likeness (QED) is 0.350. The summed E-state index contributed by atoms with van der Waals surface area (Å²) in [5.74, 6) is -0.891. The number of nitrogens with zero attached hydrogens (tertiary/aromatic N) is 1. The van der Waals surface area contributed by atoms with Gasteiger partial charge in [0, 0.05) is 29.0 Å². The number of fused-ring (bicyclic) bond motifs is 1. The summed E-state index contributed by atoms with van der Waals surface area (Å²) in [6.45, 7) is 13.7. The summed E-state index contributed by atoms with van der Waals surface area (Å²) in [5.41, 5.74) is 3.24. The highest BCUT2D eigenvalue weighted by atomic mass is 16.6. The summed E-state index contributed by atoms with van der Waals surface area (Å²) < 4.78 is 1.84. The van der Waals surface area contributed by atoms with E-state index in [2.05, 4.69) is 48.6 Å². The van der Waals surface area contributed by atoms with E-state index in [1.807, 2.05) is 64.5 Å². The van der Waals surface area contributed by atoms with Crippen molar-refractivity contribution in [2.45, 2.75) is 48.5 Å². The average molecular weight is 413 g/mol. The number of carbonyl (C=O) groups is 1. The van der Waals surface area contributed by atoms with Gasteiger partial charge in [-0.2, -0.15) is 0 Å². The molecule has 1 aromatic carbocycles. The summed E-state index contributed by atoms with van der Waals surface area (Å²) >= 11 is 0. The molecule has 1 heterocycles. The van der Waals surface area contributed by atoms with Crippen LogP contribution in [0.1, 0.15) is 54.2 Å². The van der Waals surface area contributed by atoms with Crippen molar-refractivity contribution in [3.63, 3.8) is 0 Å². The van der Waals surface area contributed by atoms with Crippen molar-refractivity contribution in [1.82, 2.24) is 0 Å². The number of rotatable bonds is 5. The van der Waals surface area contributed by atoms with E-state index >= 15 is 0 Å². The molecule has 0 atom stereocenters. The second kappa shape index (κ2) is 19.2. The van der Waals surface area contributed by atoms with Gasteiger partial charge in [0.1, 0.15) is 7.11 Å². The van der Waals surface area contributed by atoms with Crippen LogP contribution in [0.25, 0.3) is 17.0 Å². The number of allylic oxidation sites excluding steroid dienone is 6. The molecule has 164 valence electrons. The molecule has 0 saturated heterocycles. The fourth-order valence-corrected chi connectivity index (χ4v) is 2.29. The Morgan fingerprint density at radius 1 is 0.900 bits per heavy atom. The zero-order chi connectivity index (χ0) is 23.4. The third kappa shape index (κ3) is 11.0. The van der Waals surface area contributed by atoms with Gasteiger partial charge in [0.15, 0.2) is 0 Å². The maximum absolute atomic E-state index is 9.51. The van der Waals surface area contributed by atoms with Crippen LogP contribution in [0.15, 0.2) is 78.4 Å². The molecule has 1 aromatic heterocycles. The molecule has 0 aliphatic rings. The minimum absolute atomic E-state index is 0.891. The topological polar surface area (TPSA) is 50.4 Å². The summed E-state index contributed by atoms with van der Waals surface area (Å²) in [6.07, 6.45) is 12.9. The molecule has 0 aliphatic heterocycles. The SMILES string of the molecule is C/C=C/C(=O)O.C/C=C\C(C=Cc1ccc2ccccc2[n+]1OC)=C/C.CC.CC. The summed E-state index contributed by atoms with van der Waals surface area (Å²) in [7, 11) is 1.69. The van der Waals surface area contributed by atoms with Crippen molar-refractivity contribution in [3.05, 3.63) is 84.1 Å². The second-order valence-corrected chi connectivity index (χ2v) is 5.25. The molecule has 0 spiro atoms. The Morgan fingerprint density at radius 3 is 1.97 bits per heavy atom. The van der Waals surface area contributed by atoms with Crippen LogP contribution >= 0.6 is 0 Å². The number of para-hydroxylation sites is 1. The van der Waals surface area contributed by atoms with Crippen LogP contribution in [0, 0.1) is 0 Å². The number of carboxylic acids is 1. The Kier molecular flexibility index (Phi) is 18.6. The third-order valence-corrected chi connectivity index (χ3v) is 3.45. The highest BCUT2D eigenvalue weighted by Crippen LogP contribution is 2.11. The van der Waals surface area contributed by atoms with Gasteiger partial charge in [0.05, 0.1) is 5.39 Å². The van der Waals surface area contributed by atoms with Crippen LogP contribution in [-0.2, 0) is 4.79 Å². The Balaban J connectivity index is 0. The van der Waals surface area contributed by atoms with E-state index in [1.165, 1.54) is 11.6 Å². The molecule has 4 heteroatoms. The second-order valence-electron chi connectivity index (χ2n) is 5.25. The summed E-state index contributed by atoms with van der Waals surface area (Å²) in [5, 5.41) is 8.99. The Labute approximate surface area is 182 Å². The van der Waals surface area contributed by atoms with Crippen LogP contribution in [0.2, 0.25) is 0 Å². The zero-order valence-electron chi connectivity index (χ0n) is 19.7. The molecular weight excluding hydrogens is 374 g/mol. The number of hydrogen-bond donors (Lipinski definition) is 1. The van der Waals surface area contributed by atoms with Gasteiger partial charge in [-0.1, -0.05) is 64.1 Å². The van der Waals surface area contributed by atoms with Crippen molar-refractivity contribution < 1.29 is 19.5 Å². The Bertz CT molecular complexity index is 846. The van der Waals surface area contributed by atoms with Crippen LogP contribution < -0.4 is 9.57 Å². The van der Waals surface area contributed by atoms with Crippen LogP contribution in [0.5, 0.6) is 0 Å². The van der Waals surface area contributed by atoms with Gasteiger partial charge in [-0.25, -0.2) is 4.79 Å². The molecule has 4 nitrogen and oxygen atoms in total. The van der Waals surface area contributed by atoms with Crippen LogP contribution in [0.3, 0.4) is 0 Å². The molecule has 0 amide bonds. The number of carboxylic acid groups (broad SMARTS) is 1. The van der Waals surface area contributed by atoms with Crippen LogP contribution in [0.4, 0.5) is 0 Å². The van der Waals surface area contributed by atoms with Crippen LogP contribution in [-0.4, -0.2) is 18.2 Å². The molecule has 0 fully saturated rings. The highest BCUT2D eigenvalue weighted by Gasteiger charge is 2.14. The summed E-state index contributed by atoms with van der Waals surface area (Å²) in [6, 6.07) is 12.3. The van der Waals surface area contributed by atoms with Crippen molar-refractivity contribution in [2.75, 3.05) is 7.11 Å². The van der Waals surface area contributed by atoms with E-state index in [-0.39, 0.29) is 0 Å². The van der Waals surface area contributed by atoms with Gasteiger partial charge in [-0.05, 0) is 44.6 Å². The normalized spacial score (nSPS) is 10.7. The van der Waals surface area contributed by atoms with Gasteiger partial charge in [0.2, 0.25) is 0 Å². The van der Waals surface area contributed by atoms with Gasteiger partial charge in [-0.3, -0.25) is 4.84 Å². The van der Waals surface area contributed by atoms with Gasteiger partial charge < -0.3 is 5.11 Å². The van der Waals surface area contributed by atoms with Crippen molar-refractivity contribution in [3.8, 4) is 0 Å². The lowest BCUT2D eigenvalue weighted by molar-refractivity contribution is -0.866. The van der Waals surface area contributed by atoms with Crippen molar-refractivity contribution in [1.29, 1.82) is 0 Å². The van der Waals surface area contributed by atoms with Gasteiger partial charge in [0.25, 0.3) is 11.2 Å². The minimum Gasteiger partial charge on any atom is -0.478 e. The largest absolute Gasteiger partial charge is 0.478 e. The molecule has 0 unspecified atom stereocenters. The maximum Gasteiger partial charge on any atom is 0.327 e. The molecule has 2 aromatic rings. The zero-order valence-corrected chi connectivity index (χ0v) is 19.7. The first-order chi connectivity index (χ1) is 14.6. The maximum atomic E-state index is 9.51. The lowest BCUT2D eigenvalue weighted by Gasteiger charge is -2.00. The number of aliphatic carboxylic acids is 1. The summed E-state index contributed by atoms with van der Waals surface area (Å²) in [4.78, 5) is 15.0. The van der Waals surface area contributed by atoms with E-state index < -0.39 is 5.97 Å². The predicted octanol–water partition coefficient (Wildman–Crippen LogP) is 6.42. The van der Waals surface area contributed by atoms with Gasteiger partial charge in [-0.15, -0.1) is 0 Å². The molecule has 0 radical (unpaired) electrons. The predicted molar refractivity (Wildman–Crippen MR) is 129 cm³/mol. The average Bonchev–Trinajstić information content (AvgIpc) is 2.79. The molecule has 2 rings (SSSR count). The number of benzene rings is 1. The first kappa shape index (κ1) is 29.1. The minimum atomic E-state index is -0.891. The fraction of sp³-hybridized carbons (Fsp3) is 0.308. The van der Waals surface area contributed by atoms with E-state index in [4.69, 9.17) is 9.94 Å². The van der Waals surface area contributed by atoms with E-state index in [9.17, 15) is 4.79 Å². The first-order valence-corrected chi connectivity index (χ1v) is 10.4. The van der Waals surface area contributed by atoms with Crippen molar-refractivity contribution in [2.24, 2.45) is 0 Å². The number of pyridine rings is 1. The molecule has 0 saturated carbocycles. The van der Waals surface area contributed by atoms with Crippen molar-refractivity contribution >= 4 is 22.9 Å². The highest BCUT2D eigenvalue weighted by molar-refractivity contribution is 5.79. The monoisotopic (exact) mass is 412 g/mol. The number of aromatic nitrogens is 1. The molecule has 1 N–H and O–H groups in total. The lowest BCUT2D eigenvalue weighted by atomic mass is 10.1. The Morgan fingerprint density at radius 2 is 1.50 bits per heavy atom. The molecular formula is C26H38NO3+. The Hall–Kier alpha value is -3.14. The lowest BCUT2D eigenvalue weighted by Crippen LogP contribution is -2.44. The molecule has 0 aliphatic carbocycles. The first-order valence-electron chi connectivity index (χ1n) is 10.4. The smallest absolute Gasteiger partial charge is 0.327 e. The van der Waals surface area contributed by atoms with Gasteiger partial charge >= 0.3 is 5.97 Å². The number of hydrogen-bond acceptors (Lipinski definition) is 2. The fourth-order valence-electron chi connectivity index (χ4n) is 2.29. The molecule has 30 heavy (non-hydrogen) atoms.